The van der Waals surface area contributed by atoms with Crippen LogP contribution in [0.25, 0.3) is 0 Å². The van der Waals surface area contributed by atoms with E-state index in [1.807, 2.05) is 0 Å². The van der Waals surface area contributed by atoms with Gasteiger partial charge in [-0.3, -0.25) is 9.69 Å². The van der Waals surface area contributed by atoms with Crippen molar-refractivity contribution in [2.24, 2.45) is 5.92 Å². The highest BCUT2D eigenvalue weighted by Gasteiger charge is 2.24. The number of nitrogens with zero attached hydrogens (tertiary/aromatic N) is 2. The average molecular weight is 395 g/mol. The van der Waals surface area contributed by atoms with Crippen LogP contribution in [-0.2, 0) is 17.9 Å². The molecule has 152 valence electrons. The summed E-state index contributed by atoms with van der Waals surface area (Å²) in [5.41, 5.74) is 2.54. The number of piperidine rings is 1. The predicted molar refractivity (Wildman–Crippen MR) is 113 cm³/mol. The number of hydrogen-bond acceptors (Lipinski definition) is 4. The smallest absolute Gasteiger partial charge is 0.223 e. The number of piperazine rings is 1. The minimum atomic E-state index is 0. The molecule has 1 aromatic carbocycles. The number of likely N-dealkylation sites (N-methyl/N-ethyl adjacent to an activating group) is 1. The average Bonchev–Trinajstić information content (AvgIpc) is 2.68. The van der Waals surface area contributed by atoms with Gasteiger partial charge < -0.3 is 15.5 Å². The first-order chi connectivity index (χ1) is 12.6. The highest BCUT2D eigenvalue weighted by atomic mass is 35.5. The molecule has 2 N–H and O–H groups in total. The molecule has 0 bridgehead atoms. The van der Waals surface area contributed by atoms with Crippen LogP contribution in [0.1, 0.15) is 37.8 Å². The Morgan fingerprint density at radius 2 is 1.74 bits per heavy atom. The molecule has 2 fully saturated rings. The molecule has 2 heterocycles. The van der Waals surface area contributed by atoms with E-state index in [0.717, 1.165) is 45.6 Å². The molecule has 27 heavy (non-hydrogen) atoms. The van der Waals surface area contributed by atoms with Crippen LogP contribution in [0.5, 0.6) is 0 Å². The quantitative estimate of drug-likeness (QED) is 0.776. The van der Waals surface area contributed by atoms with Gasteiger partial charge in [-0.15, -0.1) is 12.4 Å². The lowest BCUT2D eigenvalue weighted by Gasteiger charge is -2.34. The third-order valence-electron chi connectivity index (χ3n) is 5.80. The van der Waals surface area contributed by atoms with Crippen LogP contribution in [0.15, 0.2) is 24.3 Å². The van der Waals surface area contributed by atoms with Crippen molar-refractivity contribution in [1.29, 1.82) is 0 Å². The molecule has 3 rings (SSSR count). The summed E-state index contributed by atoms with van der Waals surface area (Å²) >= 11 is 0. The zero-order chi connectivity index (χ0) is 18.4. The summed E-state index contributed by atoms with van der Waals surface area (Å²) in [6.07, 6.45) is 1.89. The van der Waals surface area contributed by atoms with Crippen molar-refractivity contribution in [1.82, 2.24) is 20.4 Å². The van der Waals surface area contributed by atoms with Crippen LogP contribution in [0, 0.1) is 5.92 Å². The number of benzene rings is 1. The van der Waals surface area contributed by atoms with Crippen molar-refractivity contribution in [3.63, 3.8) is 0 Å². The summed E-state index contributed by atoms with van der Waals surface area (Å²) in [5.74, 6) is 0.364. The van der Waals surface area contributed by atoms with Gasteiger partial charge in [-0.25, -0.2) is 0 Å². The number of carbonyl (C=O) groups is 1. The van der Waals surface area contributed by atoms with Crippen LogP contribution in [-0.4, -0.2) is 61.0 Å². The Hall–Kier alpha value is -1.14. The maximum Gasteiger partial charge on any atom is 0.223 e. The minimum Gasteiger partial charge on any atom is -0.352 e. The van der Waals surface area contributed by atoms with E-state index in [1.54, 1.807) is 0 Å². The monoisotopic (exact) mass is 394 g/mol. The van der Waals surface area contributed by atoms with E-state index in [0.29, 0.717) is 12.6 Å². The number of rotatable bonds is 6. The van der Waals surface area contributed by atoms with E-state index in [9.17, 15) is 4.79 Å². The summed E-state index contributed by atoms with van der Waals surface area (Å²) < 4.78 is 0. The van der Waals surface area contributed by atoms with Crippen molar-refractivity contribution in [2.75, 3.05) is 39.3 Å². The largest absolute Gasteiger partial charge is 0.352 e. The molecule has 2 saturated heterocycles. The van der Waals surface area contributed by atoms with E-state index >= 15 is 0 Å². The highest BCUT2D eigenvalue weighted by molar-refractivity contribution is 5.85. The molecule has 0 aromatic heterocycles. The molecule has 2 aliphatic heterocycles. The first-order valence-corrected chi connectivity index (χ1v) is 10.2. The van der Waals surface area contributed by atoms with Gasteiger partial charge in [-0.05, 0) is 44.0 Å². The topological polar surface area (TPSA) is 47.6 Å². The van der Waals surface area contributed by atoms with Gasteiger partial charge in [-0.1, -0.05) is 31.2 Å². The molecule has 6 heteroatoms. The second-order valence-electron chi connectivity index (χ2n) is 7.82. The normalized spacial score (nSPS) is 24.2. The van der Waals surface area contributed by atoms with Crippen molar-refractivity contribution in [3.8, 4) is 0 Å². The number of halogens is 1. The molecule has 0 radical (unpaired) electrons. The lowest BCUT2D eigenvalue weighted by atomic mass is 9.92. The van der Waals surface area contributed by atoms with Gasteiger partial charge in [0.05, 0.1) is 0 Å². The van der Waals surface area contributed by atoms with Gasteiger partial charge in [0.25, 0.3) is 0 Å². The molecule has 1 aromatic rings. The van der Waals surface area contributed by atoms with Crippen molar-refractivity contribution >= 4 is 18.3 Å². The van der Waals surface area contributed by atoms with Crippen LogP contribution < -0.4 is 10.6 Å². The summed E-state index contributed by atoms with van der Waals surface area (Å²) in [5, 5.41) is 6.52. The Balaban J connectivity index is 0.00000261. The van der Waals surface area contributed by atoms with Crippen LogP contribution in [0.2, 0.25) is 0 Å². The summed E-state index contributed by atoms with van der Waals surface area (Å²) in [7, 11) is 0. The number of hydrogen-bond donors (Lipinski definition) is 2. The fourth-order valence-corrected chi connectivity index (χ4v) is 3.99. The van der Waals surface area contributed by atoms with E-state index < -0.39 is 0 Å². The van der Waals surface area contributed by atoms with Crippen LogP contribution >= 0.6 is 12.4 Å². The van der Waals surface area contributed by atoms with E-state index in [-0.39, 0.29) is 24.2 Å². The van der Waals surface area contributed by atoms with Gasteiger partial charge in [-0.2, -0.15) is 0 Å². The summed E-state index contributed by atoms with van der Waals surface area (Å²) in [4.78, 5) is 17.4. The third-order valence-corrected chi connectivity index (χ3v) is 5.80. The van der Waals surface area contributed by atoms with Crippen LogP contribution in [0.4, 0.5) is 0 Å². The molecular formula is C21H35ClN4O. The first-order valence-electron chi connectivity index (χ1n) is 10.2. The first kappa shape index (κ1) is 22.2. The fourth-order valence-electron chi connectivity index (χ4n) is 3.99. The number of nitrogens with one attached hydrogen (secondary N) is 2. The molecule has 0 spiro atoms. The van der Waals surface area contributed by atoms with Gasteiger partial charge in [0, 0.05) is 51.2 Å². The molecule has 2 aliphatic rings. The standard InChI is InChI=1S/C21H34N4O.ClH/c1-3-24-10-12-25(13-11-24)16-19-6-4-18(5-7-19)15-23-21(26)20-8-9-22-17(2)14-20;/h4-7,17,20,22H,3,8-16H2,1-2H3,(H,23,26);1H/t17-,20-;/m0./s1. The van der Waals surface area contributed by atoms with E-state index in [1.165, 1.54) is 24.2 Å². The SMILES string of the molecule is CCN1CCN(Cc2ccc(CNC(=O)[C@H]3CCN[C@@H](C)C3)cc2)CC1.Cl. The van der Waals surface area contributed by atoms with Crippen molar-refractivity contribution in [3.05, 3.63) is 35.4 Å². The number of amides is 1. The number of carbonyl (C=O) groups excluding carboxylic acids is 1. The maximum atomic E-state index is 12.3. The Labute approximate surface area is 170 Å². The van der Waals surface area contributed by atoms with Gasteiger partial charge in [0.15, 0.2) is 0 Å². The van der Waals surface area contributed by atoms with Crippen molar-refractivity contribution in [2.45, 2.75) is 45.8 Å². The lowest BCUT2D eigenvalue weighted by molar-refractivity contribution is -0.126. The van der Waals surface area contributed by atoms with E-state index in [4.69, 9.17) is 0 Å². The zero-order valence-electron chi connectivity index (χ0n) is 16.7. The van der Waals surface area contributed by atoms with Gasteiger partial charge in [0.2, 0.25) is 5.91 Å². The zero-order valence-corrected chi connectivity index (χ0v) is 17.6. The van der Waals surface area contributed by atoms with E-state index in [2.05, 4.69) is 58.5 Å². The second-order valence-corrected chi connectivity index (χ2v) is 7.82. The molecule has 1 amide bonds. The molecule has 5 nitrogen and oxygen atoms in total. The highest BCUT2D eigenvalue weighted by Crippen LogP contribution is 2.16. The van der Waals surface area contributed by atoms with Gasteiger partial charge >= 0.3 is 0 Å². The third kappa shape index (κ3) is 6.75. The van der Waals surface area contributed by atoms with Gasteiger partial charge in [0.1, 0.15) is 0 Å². The predicted octanol–water partition coefficient (Wildman–Crippen LogP) is 2.25. The molecule has 2 atom stereocenters. The summed E-state index contributed by atoms with van der Waals surface area (Å²) in [6, 6.07) is 9.17. The molecule has 0 unspecified atom stereocenters. The molecule has 0 saturated carbocycles. The Morgan fingerprint density at radius 1 is 1.11 bits per heavy atom. The Kier molecular flexibility index (Phi) is 9.03. The van der Waals surface area contributed by atoms with Crippen molar-refractivity contribution < 1.29 is 4.79 Å². The molecular weight excluding hydrogens is 360 g/mol. The fraction of sp³-hybridized carbons (Fsp3) is 0.667. The Morgan fingerprint density at radius 3 is 2.37 bits per heavy atom. The minimum absolute atomic E-state index is 0. The second kappa shape index (κ2) is 11.0. The summed E-state index contributed by atoms with van der Waals surface area (Å²) in [6.45, 7) is 12.8. The lowest BCUT2D eigenvalue weighted by Crippen LogP contribution is -2.45. The Bertz CT molecular complexity index is 572. The van der Waals surface area contributed by atoms with Crippen LogP contribution in [0.3, 0.4) is 0 Å². The maximum absolute atomic E-state index is 12.3. The molecule has 0 aliphatic carbocycles.